The fourth-order valence-corrected chi connectivity index (χ4v) is 3.67. The minimum Gasteiger partial charge on any atom is -0.482 e. The van der Waals surface area contributed by atoms with Crippen LogP contribution in [0.3, 0.4) is 0 Å². The summed E-state index contributed by atoms with van der Waals surface area (Å²) < 4.78 is 6.47. The van der Waals surface area contributed by atoms with Crippen LogP contribution in [0.2, 0.25) is 5.02 Å². The van der Waals surface area contributed by atoms with Crippen LogP contribution in [0.15, 0.2) is 46.9 Å². The number of hydrogen-bond acceptors (Lipinski definition) is 3. The SMILES string of the molecule is CCCCNC(=O)[C@@H](C)N(Cc1cccc(C)c1)C(=O)COc1ccc(Br)cc1Cl. The Hall–Kier alpha value is -2.05. The van der Waals surface area contributed by atoms with Gasteiger partial charge in [0.2, 0.25) is 5.91 Å². The first kappa shape index (κ1) is 24.2. The molecule has 30 heavy (non-hydrogen) atoms. The van der Waals surface area contributed by atoms with Gasteiger partial charge in [-0.15, -0.1) is 0 Å². The minimum atomic E-state index is -0.626. The van der Waals surface area contributed by atoms with Gasteiger partial charge in [-0.2, -0.15) is 0 Å². The number of unbranched alkanes of at least 4 members (excludes halogenated alkanes) is 1. The van der Waals surface area contributed by atoms with Crippen molar-refractivity contribution in [2.75, 3.05) is 13.2 Å². The number of aryl methyl sites for hydroxylation is 1. The maximum atomic E-state index is 13.0. The Morgan fingerprint density at radius 2 is 2.00 bits per heavy atom. The van der Waals surface area contributed by atoms with Gasteiger partial charge in [0, 0.05) is 17.6 Å². The number of hydrogen-bond donors (Lipinski definition) is 1. The van der Waals surface area contributed by atoms with Crippen molar-refractivity contribution in [3.05, 3.63) is 63.1 Å². The smallest absolute Gasteiger partial charge is 0.261 e. The molecule has 0 unspecified atom stereocenters. The average Bonchev–Trinajstić information content (AvgIpc) is 2.71. The Balaban J connectivity index is 2.13. The fraction of sp³-hybridized carbons (Fsp3) is 0.391. The molecule has 162 valence electrons. The second-order valence-electron chi connectivity index (χ2n) is 7.19. The molecule has 2 aromatic carbocycles. The number of ether oxygens (including phenoxy) is 1. The molecule has 1 N–H and O–H groups in total. The van der Waals surface area contributed by atoms with E-state index in [9.17, 15) is 9.59 Å². The van der Waals surface area contributed by atoms with E-state index in [4.69, 9.17) is 16.3 Å². The van der Waals surface area contributed by atoms with Gasteiger partial charge in [0.1, 0.15) is 11.8 Å². The molecule has 0 bridgehead atoms. The molecule has 7 heteroatoms. The zero-order valence-corrected chi connectivity index (χ0v) is 19.9. The van der Waals surface area contributed by atoms with Crippen LogP contribution in [-0.2, 0) is 16.1 Å². The number of halogens is 2. The first-order valence-corrected chi connectivity index (χ1v) is 11.2. The Morgan fingerprint density at radius 1 is 1.23 bits per heavy atom. The number of nitrogens with zero attached hydrogens (tertiary/aromatic N) is 1. The number of benzene rings is 2. The van der Waals surface area contributed by atoms with Crippen molar-refractivity contribution in [3.8, 4) is 5.75 Å². The maximum absolute atomic E-state index is 13.0. The molecule has 2 rings (SSSR count). The van der Waals surface area contributed by atoms with Gasteiger partial charge in [0.05, 0.1) is 5.02 Å². The maximum Gasteiger partial charge on any atom is 0.261 e. The first-order chi connectivity index (χ1) is 14.3. The van der Waals surface area contributed by atoms with E-state index in [0.29, 0.717) is 23.9 Å². The van der Waals surface area contributed by atoms with Crippen molar-refractivity contribution >= 4 is 39.3 Å². The number of carbonyl (C=O) groups is 2. The molecule has 0 aromatic heterocycles. The van der Waals surface area contributed by atoms with Crippen molar-refractivity contribution in [1.82, 2.24) is 10.2 Å². The largest absolute Gasteiger partial charge is 0.482 e. The van der Waals surface area contributed by atoms with Gasteiger partial charge in [0.25, 0.3) is 5.91 Å². The van der Waals surface area contributed by atoms with Crippen molar-refractivity contribution in [2.45, 2.75) is 46.2 Å². The highest BCUT2D eigenvalue weighted by molar-refractivity contribution is 9.10. The summed E-state index contributed by atoms with van der Waals surface area (Å²) in [6.45, 7) is 6.50. The lowest BCUT2D eigenvalue weighted by Crippen LogP contribution is -2.49. The molecule has 0 aliphatic rings. The van der Waals surface area contributed by atoms with Crippen LogP contribution in [0.1, 0.15) is 37.8 Å². The topological polar surface area (TPSA) is 58.6 Å². The van der Waals surface area contributed by atoms with Crippen LogP contribution >= 0.6 is 27.5 Å². The molecule has 0 aliphatic carbocycles. The van der Waals surface area contributed by atoms with Gasteiger partial charge in [-0.1, -0.05) is 70.7 Å². The molecule has 0 spiro atoms. The van der Waals surface area contributed by atoms with E-state index in [-0.39, 0.29) is 18.4 Å². The summed E-state index contributed by atoms with van der Waals surface area (Å²) in [7, 11) is 0. The third-order valence-electron chi connectivity index (χ3n) is 4.68. The standard InChI is InChI=1S/C23H28BrClN2O3/c1-4-5-11-26-23(29)17(3)27(14-18-8-6-7-16(2)12-18)22(28)15-30-21-10-9-19(24)13-20(21)25/h6-10,12-13,17H,4-5,11,14-15H2,1-3H3,(H,26,29)/t17-/m1/s1. The summed E-state index contributed by atoms with van der Waals surface area (Å²) in [4.78, 5) is 27.2. The van der Waals surface area contributed by atoms with E-state index in [0.717, 1.165) is 28.4 Å². The van der Waals surface area contributed by atoms with Crippen molar-refractivity contribution in [1.29, 1.82) is 0 Å². The van der Waals surface area contributed by atoms with Crippen LogP contribution in [0.25, 0.3) is 0 Å². The lowest BCUT2D eigenvalue weighted by atomic mass is 10.1. The molecule has 0 saturated heterocycles. The van der Waals surface area contributed by atoms with Gasteiger partial charge in [-0.3, -0.25) is 9.59 Å². The highest BCUT2D eigenvalue weighted by Gasteiger charge is 2.26. The third-order valence-corrected chi connectivity index (χ3v) is 5.47. The second kappa shape index (κ2) is 12.0. The van der Waals surface area contributed by atoms with Crippen LogP contribution in [-0.4, -0.2) is 35.9 Å². The predicted octanol–water partition coefficient (Wildman–Crippen LogP) is 5.12. The molecule has 0 aliphatic heterocycles. The quantitative estimate of drug-likeness (QED) is 0.465. The van der Waals surface area contributed by atoms with Crippen molar-refractivity contribution < 1.29 is 14.3 Å². The summed E-state index contributed by atoms with van der Waals surface area (Å²) in [5.41, 5.74) is 2.05. The lowest BCUT2D eigenvalue weighted by Gasteiger charge is -2.29. The van der Waals surface area contributed by atoms with Gasteiger partial charge < -0.3 is 15.0 Å². The average molecular weight is 496 g/mol. The summed E-state index contributed by atoms with van der Waals surface area (Å²) in [6.07, 6.45) is 1.89. The van der Waals surface area contributed by atoms with Crippen LogP contribution in [0, 0.1) is 6.92 Å². The number of nitrogens with one attached hydrogen (secondary N) is 1. The van der Waals surface area contributed by atoms with E-state index < -0.39 is 6.04 Å². The molecule has 5 nitrogen and oxygen atoms in total. The molecule has 0 saturated carbocycles. The predicted molar refractivity (Wildman–Crippen MR) is 124 cm³/mol. The van der Waals surface area contributed by atoms with Gasteiger partial charge in [-0.05, 0) is 44.0 Å². The number of carbonyl (C=O) groups excluding carboxylic acids is 2. The molecule has 0 heterocycles. The highest BCUT2D eigenvalue weighted by Crippen LogP contribution is 2.27. The fourth-order valence-electron chi connectivity index (χ4n) is 2.94. The van der Waals surface area contributed by atoms with Crippen molar-refractivity contribution in [2.24, 2.45) is 0 Å². The van der Waals surface area contributed by atoms with E-state index in [1.54, 1.807) is 30.0 Å². The van der Waals surface area contributed by atoms with Crippen molar-refractivity contribution in [3.63, 3.8) is 0 Å². The first-order valence-electron chi connectivity index (χ1n) is 10.0. The molecular weight excluding hydrogens is 468 g/mol. The third kappa shape index (κ3) is 7.33. The minimum absolute atomic E-state index is 0.175. The Morgan fingerprint density at radius 3 is 2.67 bits per heavy atom. The summed E-state index contributed by atoms with van der Waals surface area (Å²) >= 11 is 9.52. The van der Waals surface area contributed by atoms with Gasteiger partial charge >= 0.3 is 0 Å². The zero-order valence-electron chi connectivity index (χ0n) is 17.6. The van der Waals surface area contributed by atoms with Crippen LogP contribution < -0.4 is 10.1 Å². The normalized spacial score (nSPS) is 11.6. The van der Waals surface area contributed by atoms with E-state index >= 15 is 0 Å². The Kier molecular flexibility index (Phi) is 9.66. The van der Waals surface area contributed by atoms with Crippen LogP contribution in [0.5, 0.6) is 5.75 Å². The number of amides is 2. The molecule has 1 atom stereocenters. The Bertz CT molecular complexity index is 875. The second-order valence-corrected chi connectivity index (χ2v) is 8.52. The van der Waals surface area contributed by atoms with Crippen LogP contribution in [0.4, 0.5) is 0 Å². The van der Waals surface area contributed by atoms with Gasteiger partial charge in [0.15, 0.2) is 6.61 Å². The molecule has 2 aromatic rings. The molecule has 2 amide bonds. The monoisotopic (exact) mass is 494 g/mol. The van der Waals surface area contributed by atoms with E-state index in [1.165, 1.54) is 0 Å². The van der Waals surface area contributed by atoms with Gasteiger partial charge in [-0.25, -0.2) is 0 Å². The summed E-state index contributed by atoms with van der Waals surface area (Å²) in [6, 6.07) is 12.5. The molecule has 0 fully saturated rings. The Labute approximate surface area is 191 Å². The van der Waals surface area contributed by atoms with E-state index in [2.05, 4.69) is 28.2 Å². The number of rotatable bonds is 10. The zero-order chi connectivity index (χ0) is 22.1. The molecule has 0 radical (unpaired) electrons. The lowest BCUT2D eigenvalue weighted by molar-refractivity contribution is -0.142. The van der Waals surface area contributed by atoms with E-state index in [1.807, 2.05) is 31.2 Å². The summed E-state index contributed by atoms with van der Waals surface area (Å²) in [5, 5.41) is 3.32. The summed E-state index contributed by atoms with van der Waals surface area (Å²) in [5.74, 6) is -0.0384. The highest BCUT2D eigenvalue weighted by atomic mass is 79.9. The molecular formula is C23H28BrClN2O3.